The summed E-state index contributed by atoms with van der Waals surface area (Å²) in [7, 11) is 0. The third-order valence-electron chi connectivity index (χ3n) is 3.75. The van der Waals surface area contributed by atoms with E-state index in [1.807, 2.05) is 13.8 Å². The summed E-state index contributed by atoms with van der Waals surface area (Å²) in [5, 5.41) is 13.4. The highest BCUT2D eigenvalue weighted by Crippen LogP contribution is 2.15. The molecule has 1 aromatic carbocycles. The maximum absolute atomic E-state index is 12.7. The van der Waals surface area contributed by atoms with Crippen LogP contribution in [0.4, 0.5) is 5.69 Å². The van der Waals surface area contributed by atoms with Crippen LogP contribution in [-0.2, 0) is 6.54 Å². The van der Waals surface area contributed by atoms with E-state index < -0.39 is 4.92 Å². The minimum Gasteiger partial charge on any atom is -0.446 e. The molecule has 1 aromatic heterocycles. The highest BCUT2D eigenvalue weighted by Gasteiger charge is 2.20. The van der Waals surface area contributed by atoms with Crippen molar-refractivity contribution in [1.29, 1.82) is 0 Å². The number of nitrogens with one attached hydrogen (secondary N) is 1. The summed E-state index contributed by atoms with van der Waals surface area (Å²) in [5.74, 6) is -0.363. The summed E-state index contributed by atoms with van der Waals surface area (Å²) in [6.45, 7) is 4.97. The first-order valence-corrected chi connectivity index (χ1v) is 8.72. The molecule has 0 saturated heterocycles. The van der Waals surface area contributed by atoms with Gasteiger partial charge >= 0.3 is 0 Å². The Kier molecular flexibility index (Phi) is 7.04. The van der Waals surface area contributed by atoms with E-state index in [9.17, 15) is 19.7 Å². The minimum atomic E-state index is -0.518. The maximum atomic E-state index is 12.7. The van der Waals surface area contributed by atoms with Crippen LogP contribution in [-0.4, -0.2) is 39.7 Å². The molecule has 0 fully saturated rings. The van der Waals surface area contributed by atoms with Crippen molar-refractivity contribution in [3.63, 3.8) is 0 Å². The number of nitro groups is 1. The monoisotopic (exact) mass is 374 g/mol. The molecular weight excluding hydrogens is 352 g/mol. The number of oxazole rings is 1. The second-order valence-corrected chi connectivity index (χ2v) is 5.91. The van der Waals surface area contributed by atoms with Gasteiger partial charge in [0.15, 0.2) is 5.69 Å². The van der Waals surface area contributed by atoms with Gasteiger partial charge in [0.25, 0.3) is 17.5 Å². The predicted molar refractivity (Wildman–Crippen MR) is 97.3 cm³/mol. The van der Waals surface area contributed by atoms with E-state index in [0.717, 1.165) is 6.42 Å². The Morgan fingerprint density at radius 3 is 2.52 bits per heavy atom. The lowest BCUT2D eigenvalue weighted by atomic mass is 10.1. The lowest BCUT2D eigenvalue weighted by Gasteiger charge is -2.20. The molecule has 0 atom stereocenters. The Bertz CT molecular complexity index is 800. The Hall–Kier alpha value is -3.23. The zero-order valence-electron chi connectivity index (χ0n) is 15.3. The van der Waals surface area contributed by atoms with Gasteiger partial charge in [-0.2, -0.15) is 0 Å². The Morgan fingerprint density at radius 2 is 1.93 bits per heavy atom. The van der Waals surface area contributed by atoms with Gasteiger partial charge in [-0.15, -0.1) is 0 Å². The molecule has 9 heteroatoms. The molecule has 0 aliphatic heterocycles. The first-order chi connectivity index (χ1) is 13.0. The van der Waals surface area contributed by atoms with E-state index >= 15 is 0 Å². The second kappa shape index (κ2) is 9.46. The van der Waals surface area contributed by atoms with E-state index in [4.69, 9.17) is 4.42 Å². The fourth-order valence-corrected chi connectivity index (χ4v) is 2.41. The predicted octanol–water partition coefficient (Wildman–Crippen LogP) is 2.78. The standard InChI is InChI=1S/C18H22N4O5/c1-3-9-19-17(23)15-12-27-16(20-15)11-21(10-4-2)18(24)13-5-7-14(8-6-13)22(25)26/h5-8,12H,3-4,9-11H2,1-2H3,(H,19,23). The molecule has 0 unspecified atom stereocenters. The van der Waals surface area contributed by atoms with Crippen LogP contribution < -0.4 is 5.32 Å². The number of nitrogens with zero attached hydrogens (tertiary/aromatic N) is 3. The van der Waals surface area contributed by atoms with Crippen molar-refractivity contribution in [3.8, 4) is 0 Å². The summed E-state index contributed by atoms with van der Waals surface area (Å²) in [4.78, 5) is 40.5. The SMILES string of the molecule is CCCNC(=O)c1coc(CN(CCC)C(=O)c2ccc([N+](=O)[O-])cc2)n1. The van der Waals surface area contributed by atoms with Crippen molar-refractivity contribution in [1.82, 2.24) is 15.2 Å². The zero-order valence-corrected chi connectivity index (χ0v) is 15.3. The summed E-state index contributed by atoms with van der Waals surface area (Å²) in [6.07, 6.45) is 2.79. The molecular formula is C18H22N4O5. The smallest absolute Gasteiger partial charge is 0.273 e. The van der Waals surface area contributed by atoms with E-state index in [-0.39, 0.29) is 35.6 Å². The fraction of sp³-hybridized carbons (Fsp3) is 0.389. The van der Waals surface area contributed by atoms with Crippen LogP contribution in [0, 0.1) is 10.1 Å². The first kappa shape index (κ1) is 20.1. The van der Waals surface area contributed by atoms with Gasteiger partial charge in [0.1, 0.15) is 6.26 Å². The lowest BCUT2D eigenvalue weighted by Crippen LogP contribution is -2.31. The highest BCUT2D eigenvalue weighted by atomic mass is 16.6. The summed E-state index contributed by atoms with van der Waals surface area (Å²) in [6, 6.07) is 5.42. The molecule has 1 heterocycles. The fourth-order valence-electron chi connectivity index (χ4n) is 2.41. The molecule has 144 valence electrons. The van der Waals surface area contributed by atoms with E-state index in [2.05, 4.69) is 10.3 Å². The third kappa shape index (κ3) is 5.37. The van der Waals surface area contributed by atoms with Crippen molar-refractivity contribution in [2.75, 3.05) is 13.1 Å². The van der Waals surface area contributed by atoms with Gasteiger partial charge < -0.3 is 14.6 Å². The summed E-state index contributed by atoms with van der Waals surface area (Å²) < 4.78 is 5.32. The number of non-ortho nitro benzene ring substituents is 1. The highest BCUT2D eigenvalue weighted by molar-refractivity contribution is 5.94. The van der Waals surface area contributed by atoms with Crippen molar-refractivity contribution >= 4 is 17.5 Å². The second-order valence-electron chi connectivity index (χ2n) is 5.91. The van der Waals surface area contributed by atoms with Crippen LogP contribution in [0.3, 0.4) is 0 Å². The van der Waals surface area contributed by atoms with Crippen LogP contribution in [0.1, 0.15) is 53.4 Å². The van der Waals surface area contributed by atoms with Gasteiger partial charge in [0.2, 0.25) is 5.89 Å². The molecule has 0 radical (unpaired) electrons. The number of carbonyl (C=O) groups is 2. The van der Waals surface area contributed by atoms with Crippen LogP contribution in [0.15, 0.2) is 34.9 Å². The molecule has 1 N–H and O–H groups in total. The average Bonchev–Trinajstić information content (AvgIpc) is 3.14. The van der Waals surface area contributed by atoms with Crippen LogP contribution >= 0.6 is 0 Å². The molecule has 0 aliphatic rings. The number of nitro benzene ring substituents is 1. The normalized spacial score (nSPS) is 10.4. The largest absolute Gasteiger partial charge is 0.446 e. The molecule has 0 aliphatic carbocycles. The van der Waals surface area contributed by atoms with Gasteiger partial charge in [-0.1, -0.05) is 13.8 Å². The van der Waals surface area contributed by atoms with Crippen molar-refractivity contribution in [2.45, 2.75) is 33.2 Å². The van der Waals surface area contributed by atoms with Crippen molar-refractivity contribution in [2.24, 2.45) is 0 Å². The third-order valence-corrected chi connectivity index (χ3v) is 3.75. The maximum Gasteiger partial charge on any atom is 0.273 e. The minimum absolute atomic E-state index is 0.0796. The number of benzene rings is 1. The quantitative estimate of drug-likeness (QED) is 0.532. The van der Waals surface area contributed by atoms with Crippen molar-refractivity contribution < 1.29 is 18.9 Å². The van der Waals surface area contributed by atoms with E-state index in [1.165, 1.54) is 35.4 Å². The van der Waals surface area contributed by atoms with E-state index in [0.29, 0.717) is 25.1 Å². The zero-order chi connectivity index (χ0) is 19.8. The van der Waals surface area contributed by atoms with Gasteiger partial charge in [0, 0.05) is 30.8 Å². The molecule has 9 nitrogen and oxygen atoms in total. The van der Waals surface area contributed by atoms with Gasteiger partial charge in [-0.05, 0) is 25.0 Å². The van der Waals surface area contributed by atoms with Crippen LogP contribution in [0.2, 0.25) is 0 Å². The van der Waals surface area contributed by atoms with E-state index in [1.54, 1.807) is 0 Å². The number of rotatable bonds is 9. The number of carbonyl (C=O) groups excluding carboxylic acids is 2. The molecule has 0 spiro atoms. The number of amides is 2. The van der Waals surface area contributed by atoms with Gasteiger partial charge in [-0.25, -0.2) is 4.98 Å². The molecule has 2 aromatic rings. The van der Waals surface area contributed by atoms with Crippen LogP contribution in [0.5, 0.6) is 0 Å². The summed E-state index contributed by atoms with van der Waals surface area (Å²) >= 11 is 0. The first-order valence-electron chi connectivity index (χ1n) is 8.72. The Labute approximate surface area is 156 Å². The van der Waals surface area contributed by atoms with Crippen molar-refractivity contribution in [3.05, 3.63) is 57.8 Å². The number of hydrogen-bond donors (Lipinski definition) is 1. The summed E-state index contributed by atoms with van der Waals surface area (Å²) in [5.41, 5.74) is 0.420. The molecule has 0 saturated carbocycles. The Balaban J connectivity index is 2.10. The molecule has 27 heavy (non-hydrogen) atoms. The van der Waals surface area contributed by atoms with Gasteiger partial charge in [-0.3, -0.25) is 19.7 Å². The van der Waals surface area contributed by atoms with Gasteiger partial charge in [0.05, 0.1) is 11.5 Å². The molecule has 2 amide bonds. The topological polar surface area (TPSA) is 119 Å². The van der Waals surface area contributed by atoms with Crippen LogP contribution in [0.25, 0.3) is 0 Å². The molecule has 0 bridgehead atoms. The lowest BCUT2D eigenvalue weighted by molar-refractivity contribution is -0.384. The number of hydrogen-bond acceptors (Lipinski definition) is 6. The average molecular weight is 374 g/mol. The molecule has 2 rings (SSSR count). The number of aromatic nitrogens is 1. The Morgan fingerprint density at radius 1 is 1.22 bits per heavy atom.